The van der Waals surface area contributed by atoms with E-state index in [1.54, 1.807) is 24.3 Å². The molecule has 2 N–H and O–H groups in total. The molecular weight excluding hydrogens is 349 g/mol. The minimum atomic E-state index is -0.732. The average Bonchev–Trinajstić information content (AvgIpc) is 2.67. The number of unbranched alkanes of at least 4 members (excludes halogenated alkanes) is 2. The molecule has 27 heavy (non-hydrogen) atoms. The Morgan fingerprint density at radius 1 is 1.07 bits per heavy atom. The summed E-state index contributed by atoms with van der Waals surface area (Å²) in [5.41, 5.74) is 0.206. The molecule has 0 unspecified atom stereocenters. The van der Waals surface area contributed by atoms with Crippen molar-refractivity contribution >= 4 is 17.4 Å². The minimum Gasteiger partial charge on any atom is -0.506 e. The number of nitrogens with one attached hydrogen (secondary N) is 1. The van der Waals surface area contributed by atoms with Crippen LogP contribution in [0, 0.1) is 5.82 Å². The van der Waals surface area contributed by atoms with Crippen LogP contribution in [0.15, 0.2) is 42.5 Å². The van der Waals surface area contributed by atoms with Crippen LogP contribution in [0.5, 0.6) is 11.5 Å². The number of benzene rings is 2. The number of aromatic hydroxyl groups is 1. The Balaban J connectivity index is 1.82. The highest BCUT2D eigenvalue weighted by molar-refractivity contribution is 6.00. The van der Waals surface area contributed by atoms with Gasteiger partial charge in [0.1, 0.15) is 17.2 Å². The van der Waals surface area contributed by atoms with E-state index in [4.69, 9.17) is 4.74 Å². The number of hydrogen-bond donors (Lipinski definition) is 2. The van der Waals surface area contributed by atoms with Gasteiger partial charge in [-0.25, -0.2) is 4.39 Å². The topological polar surface area (TPSA) is 75.6 Å². The number of halogens is 1. The van der Waals surface area contributed by atoms with Crippen LogP contribution in [-0.2, 0) is 4.79 Å². The Morgan fingerprint density at radius 2 is 1.81 bits per heavy atom. The number of phenolic OH excluding ortho intramolecular Hbond substituents is 1. The number of para-hydroxylation sites is 1. The summed E-state index contributed by atoms with van der Waals surface area (Å²) in [6, 6.07) is 10.5. The van der Waals surface area contributed by atoms with E-state index in [0.717, 1.165) is 25.3 Å². The zero-order valence-corrected chi connectivity index (χ0v) is 15.3. The third-order valence-electron chi connectivity index (χ3n) is 4.03. The number of amides is 1. The number of ketones is 1. The van der Waals surface area contributed by atoms with Gasteiger partial charge in [-0.15, -0.1) is 0 Å². The van der Waals surface area contributed by atoms with E-state index >= 15 is 0 Å². The van der Waals surface area contributed by atoms with Gasteiger partial charge in [0.25, 0.3) is 0 Å². The highest BCUT2D eigenvalue weighted by Crippen LogP contribution is 2.26. The van der Waals surface area contributed by atoms with Crippen LogP contribution < -0.4 is 10.1 Å². The maximum atomic E-state index is 13.6. The molecule has 0 saturated heterocycles. The van der Waals surface area contributed by atoms with E-state index in [2.05, 4.69) is 12.2 Å². The largest absolute Gasteiger partial charge is 0.506 e. The Kier molecular flexibility index (Phi) is 7.79. The Bertz CT molecular complexity index is 754. The summed E-state index contributed by atoms with van der Waals surface area (Å²) in [6.07, 6.45) is 3.10. The van der Waals surface area contributed by atoms with Crippen molar-refractivity contribution in [1.82, 2.24) is 0 Å². The molecule has 1 amide bonds. The molecule has 0 aromatic heterocycles. The van der Waals surface area contributed by atoms with Gasteiger partial charge in [-0.05, 0) is 42.8 Å². The number of anilines is 1. The molecule has 2 rings (SSSR count). The normalized spacial score (nSPS) is 10.4. The second-order valence-electron chi connectivity index (χ2n) is 6.19. The Labute approximate surface area is 158 Å². The number of hydrogen-bond acceptors (Lipinski definition) is 4. The molecule has 0 aliphatic rings. The molecule has 144 valence electrons. The Morgan fingerprint density at radius 3 is 2.48 bits per heavy atom. The van der Waals surface area contributed by atoms with E-state index in [1.807, 2.05) is 0 Å². The molecule has 0 spiro atoms. The minimum absolute atomic E-state index is 0.0161. The first kappa shape index (κ1) is 20.4. The first-order valence-electron chi connectivity index (χ1n) is 9.04. The quantitative estimate of drug-likeness (QED) is 0.359. The highest BCUT2D eigenvalue weighted by Gasteiger charge is 2.13. The zero-order valence-electron chi connectivity index (χ0n) is 15.3. The van der Waals surface area contributed by atoms with Crippen LogP contribution >= 0.6 is 0 Å². The van der Waals surface area contributed by atoms with Gasteiger partial charge in [0.2, 0.25) is 5.91 Å². The lowest BCUT2D eigenvalue weighted by molar-refractivity contribution is -0.116. The van der Waals surface area contributed by atoms with Gasteiger partial charge in [-0.1, -0.05) is 25.8 Å². The second-order valence-corrected chi connectivity index (χ2v) is 6.19. The molecule has 0 fully saturated rings. The molecular formula is C21H24FNO4. The van der Waals surface area contributed by atoms with Crippen LogP contribution in [0.4, 0.5) is 10.1 Å². The van der Waals surface area contributed by atoms with E-state index < -0.39 is 11.7 Å². The third kappa shape index (κ3) is 6.40. The lowest BCUT2D eigenvalue weighted by Crippen LogP contribution is -2.14. The van der Waals surface area contributed by atoms with Crippen molar-refractivity contribution in [3.8, 4) is 11.5 Å². The van der Waals surface area contributed by atoms with Crippen molar-refractivity contribution in [3.63, 3.8) is 0 Å². The summed E-state index contributed by atoms with van der Waals surface area (Å²) >= 11 is 0. The van der Waals surface area contributed by atoms with Crippen molar-refractivity contribution in [1.29, 1.82) is 0 Å². The number of carbonyl (C=O) groups excluding carboxylic acids is 2. The number of phenols is 1. The van der Waals surface area contributed by atoms with Crippen molar-refractivity contribution in [2.45, 2.75) is 39.0 Å². The molecule has 0 bridgehead atoms. The molecule has 0 aliphatic carbocycles. The lowest BCUT2D eigenvalue weighted by atomic mass is 10.1. The van der Waals surface area contributed by atoms with E-state index in [0.29, 0.717) is 17.9 Å². The maximum Gasteiger partial charge on any atom is 0.225 e. The molecule has 0 saturated carbocycles. The zero-order chi connectivity index (χ0) is 19.6. The van der Waals surface area contributed by atoms with Gasteiger partial charge >= 0.3 is 0 Å². The van der Waals surface area contributed by atoms with Crippen LogP contribution in [0.25, 0.3) is 0 Å². The monoisotopic (exact) mass is 373 g/mol. The fraction of sp³-hybridized carbons (Fsp3) is 0.333. The first-order chi connectivity index (χ1) is 13.0. The van der Waals surface area contributed by atoms with Gasteiger partial charge in [0.05, 0.1) is 6.61 Å². The van der Waals surface area contributed by atoms with Gasteiger partial charge in [0.15, 0.2) is 11.6 Å². The maximum absolute atomic E-state index is 13.6. The summed E-state index contributed by atoms with van der Waals surface area (Å²) in [4.78, 5) is 24.1. The molecule has 0 aliphatic heterocycles. The van der Waals surface area contributed by atoms with E-state index in [9.17, 15) is 19.1 Å². The molecule has 5 nitrogen and oxygen atoms in total. The van der Waals surface area contributed by atoms with E-state index in [1.165, 1.54) is 12.1 Å². The standard InChI is InChI=1S/C21H24FNO4/c1-2-3-4-14-27-16-10-8-15(9-11-16)18(24)12-13-20(26)23-21-17(22)6-5-7-19(21)25/h5-11,25H,2-4,12-14H2,1H3,(H,23,26). The van der Waals surface area contributed by atoms with Gasteiger partial charge in [-0.3, -0.25) is 9.59 Å². The molecule has 0 heterocycles. The Hall–Kier alpha value is -2.89. The van der Waals surface area contributed by atoms with Crippen LogP contribution in [-0.4, -0.2) is 23.4 Å². The smallest absolute Gasteiger partial charge is 0.225 e. The number of ether oxygens (including phenoxy) is 1. The summed E-state index contributed by atoms with van der Waals surface area (Å²) < 4.78 is 19.2. The van der Waals surface area contributed by atoms with Crippen molar-refractivity contribution in [2.24, 2.45) is 0 Å². The van der Waals surface area contributed by atoms with Crippen molar-refractivity contribution in [3.05, 3.63) is 53.8 Å². The fourth-order valence-corrected chi connectivity index (χ4v) is 2.49. The number of carbonyl (C=O) groups is 2. The predicted molar refractivity (Wildman–Crippen MR) is 102 cm³/mol. The number of rotatable bonds is 10. The predicted octanol–water partition coefficient (Wildman–Crippen LogP) is 4.70. The molecule has 0 radical (unpaired) electrons. The molecule has 2 aromatic carbocycles. The first-order valence-corrected chi connectivity index (χ1v) is 9.04. The fourth-order valence-electron chi connectivity index (χ4n) is 2.49. The average molecular weight is 373 g/mol. The summed E-state index contributed by atoms with van der Waals surface area (Å²) in [5, 5.41) is 11.9. The second kappa shape index (κ2) is 10.3. The van der Waals surface area contributed by atoms with Crippen LogP contribution in [0.2, 0.25) is 0 Å². The van der Waals surface area contributed by atoms with Crippen LogP contribution in [0.1, 0.15) is 49.4 Å². The van der Waals surface area contributed by atoms with Crippen molar-refractivity contribution < 1.29 is 23.8 Å². The van der Waals surface area contributed by atoms with Gasteiger partial charge < -0.3 is 15.2 Å². The molecule has 6 heteroatoms. The molecule has 0 atom stereocenters. The molecule has 2 aromatic rings. The van der Waals surface area contributed by atoms with Gasteiger partial charge in [0, 0.05) is 18.4 Å². The summed E-state index contributed by atoms with van der Waals surface area (Å²) in [7, 11) is 0. The van der Waals surface area contributed by atoms with E-state index in [-0.39, 0.29) is 30.1 Å². The van der Waals surface area contributed by atoms with Crippen LogP contribution in [0.3, 0.4) is 0 Å². The highest BCUT2D eigenvalue weighted by atomic mass is 19.1. The van der Waals surface area contributed by atoms with Gasteiger partial charge in [-0.2, -0.15) is 0 Å². The lowest BCUT2D eigenvalue weighted by Gasteiger charge is -2.08. The SMILES string of the molecule is CCCCCOc1ccc(C(=O)CCC(=O)Nc2c(O)cccc2F)cc1. The third-order valence-corrected chi connectivity index (χ3v) is 4.03. The summed E-state index contributed by atoms with van der Waals surface area (Å²) in [6.45, 7) is 2.77. The van der Waals surface area contributed by atoms with Crippen molar-refractivity contribution in [2.75, 3.05) is 11.9 Å². The number of Topliss-reactive ketones (excluding diaryl/α,β-unsaturated/α-hetero) is 1. The summed E-state index contributed by atoms with van der Waals surface area (Å²) in [5.74, 6) is -1.12.